The molecule has 4 rings (SSSR count). The quantitative estimate of drug-likeness (QED) is 0.831. The number of nitrogens with zero attached hydrogens (tertiary/aromatic N) is 5. The molecule has 2 aromatic rings. The van der Waals surface area contributed by atoms with E-state index in [1.54, 1.807) is 0 Å². The Morgan fingerprint density at radius 1 is 1.22 bits per heavy atom. The third kappa shape index (κ3) is 2.86. The van der Waals surface area contributed by atoms with E-state index in [0.29, 0.717) is 12.0 Å². The van der Waals surface area contributed by atoms with Crippen LogP contribution in [0, 0.1) is 19.8 Å². The zero-order valence-corrected chi connectivity index (χ0v) is 14.2. The predicted octanol–water partition coefficient (Wildman–Crippen LogP) is 1.11. The second kappa shape index (κ2) is 5.85. The van der Waals surface area contributed by atoms with E-state index in [1.807, 2.05) is 17.6 Å². The number of aromatic nitrogens is 3. The minimum atomic E-state index is 0.452. The maximum atomic E-state index is 5.88. The third-order valence-electron chi connectivity index (χ3n) is 4.99. The lowest BCUT2D eigenvalue weighted by Crippen LogP contribution is -2.42. The molecule has 2 saturated heterocycles. The molecule has 124 valence electrons. The number of aryl methyl sites for hydroxylation is 2. The second-order valence-electron chi connectivity index (χ2n) is 7.15. The van der Waals surface area contributed by atoms with Gasteiger partial charge in [0.1, 0.15) is 0 Å². The highest BCUT2D eigenvalue weighted by atomic mass is 16.5. The number of rotatable bonds is 2. The molecule has 0 aromatic carbocycles. The van der Waals surface area contributed by atoms with Gasteiger partial charge in [0.15, 0.2) is 5.65 Å². The molecule has 2 bridgehead atoms. The van der Waals surface area contributed by atoms with E-state index >= 15 is 0 Å². The number of fused-ring (bicyclic) bond motifs is 4. The summed E-state index contributed by atoms with van der Waals surface area (Å²) in [5, 5.41) is 4.53. The van der Waals surface area contributed by atoms with Gasteiger partial charge in [-0.3, -0.25) is 4.90 Å². The molecule has 4 heterocycles. The molecule has 2 aromatic heterocycles. The van der Waals surface area contributed by atoms with Gasteiger partial charge in [-0.15, -0.1) is 0 Å². The van der Waals surface area contributed by atoms with Crippen molar-refractivity contribution < 1.29 is 4.74 Å². The summed E-state index contributed by atoms with van der Waals surface area (Å²) in [5.41, 5.74) is 4.40. The summed E-state index contributed by atoms with van der Waals surface area (Å²) in [4.78, 5) is 9.73. The molecule has 6 heteroatoms. The van der Waals surface area contributed by atoms with Gasteiger partial charge in [-0.2, -0.15) is 5.10 Å². The normalized spacial score (nSPS) is 26.6. The van der Waals surface area contributed by atoms with Crippen molar-refractivity contribution in [3.05, 3.63) is 29.2 Å². The fraction of sp³-hybridized carbons (Fsp3) is 0.647. The van der Waals surface area contributed by atoms with Crippen molar-refractivity contribution in [1.82, 2.24) is 24.4 Å². The van der Waals surface area contributed by atoms with E-state index in [1.165, 1.54) is 5.56 Å². The Bertz CT molecular complexity index is 712. The van der Waals surface area contributed by atoms with E-state index < -0.39 is 0 Å². The van der Waals surface area contributed by atoms with E-state index in [4.69, 9.17) is 9.72 Å². The van der Waals surface area contributed by atoms with Crippen molar-refractivity contribution in [2.24, 2.45) is 5.92 Å². The van der Waals surface area contributed by atoms with Crippen LogP contribution >= 0.6 is 0 Å². The van der Waals surface area contributed by atoms with Crippen LogP contribution in [0.25, 0.3) is 5.65 Å². The SMILES string of the molecule is Cc1cc(C)n2ncc(CN3C[C@H]4COC[C@@H]3CN(C)C4)c2n1. The fourth-order valence-electron chi connectivity index (χ4n) is 4.00. The topological polar surface area (TPSA) is 45.9 Å². The molecule has 2 atom stereocenters. The number of hydrogen-bond donors (Lipinski definition) is 0. The van der Waals surface area contributed by atoms with Gasteiger partial charge in [-0.25, -0.2) is 9.50 Å². The minimum Gasteiger partial charge on any atom is -0.379 e. The van der Waals surface area contributed by atoms with Crippen LogP contribution in [-0.2, 0) is 11.3 Å². The van der Waals surface area contributed by atoms with Crippen molar-refractivity contribution in [1.29, 1.82) is 0 Å². The van der Waals surface area contributed by atoms with Gasteiger partial charge in [0, 0.05) is 55.1 Å². The maximum absolute atomic E-state index is 5.88. The Balaban J connectivity index is 1.65. The van der Waals surface area contributed by atoms with E-state index in [-0.39, 0.29) is 0 Å². The Morgan fingerprint density at radius 2 is 2.09 bits per heavy atom. The van der Waals surface area contributed by atoms with Crippen molar-refractivity contribution in [3.8, 4) is 0 Å². The van der Waals surface area contributed by atoms with Crippen molar-refractivity contribution >= 4 is 5.65 Å². The smallest absolute Gasteiger partial charge is 0.159 e. The van der Waals surface area contributed by atoms with Gasteiger partial charge in [-0.1, -0.05) is 0 Å². The first kappa shape index (κ1) is 15.1. The lowest BCUT2D eigenvalue weighted by molar-refractivity contribution is 0.0562. The number of hydrogen-bond acceptors (Lipinski definition) is 5. The molecule has 2 fully saturated rings. The average Bonchev–Trinajstić information content (AvgIpc) is 2.68. The Morgan fingerprint density at radius 3 is 2.96 bits per heavy atom. The molecule has 0 N–H and O–H groups in total. The van der Waals surface area contributed by atoms with Gasteiger partial charge in [0.2, 0.25) is 0 Å². The molecule has 23 heavy (non-hydrogen) atoms. The fourth-order valence-corrected chi connectivity index (χ4v) is 4.00. The van der Waals surface area contributed by atoms with Crippen molar-refractivity contribution in [3.63, 3.8) is 0 Å². The summed E-state index contributed by atoms with van der Waals surface area (Å²) in [7, 11) is 2.22. The third-order valence-corrected chi connectivity index (χ3v) is 4.99. The molecular weight excluding hydrogens is 290 g/mol. The second-order valence-corrected chi connectivity index (χ2v) is 7.15. The Labute approximate surface area is 137 Å². The van der Waals surface area contributed by atoms with Crippen molar-refractivity contribution in [2.75, 3.05) is 39.9 Å². The monoisotopic (exact) mass is 315 g/mol. The maximum Gasteiger partial charge on any atom is 0.159 e. The molecule has 0 radical (unpaired) electrons. The largest absolute Gasteiger partial charge is 0.379 e. The van der Waals surface area contributed by atoms with Crippen molar-refractivity contribution in [2.45, 2.75) is 26.4 Å². The van der Waals surface area contributed by atoms with Crippen LogP contribution in [0.2, 0.25) is 0 Å². The molecule has 0 unspecified atom stereocenters. The number of ether oxygens (including phenoxy) is 1. The van der Waals surface area contributed by atoms with Gasteiger partial charge < -0.3 is 9.64 Å². The lowest BCUT2D eigenvalue weighted by Gasteiger charge is -2.29. The number of likely N-dealkylation sites (N-methyl/N-ethyl adjacent to an activating group) is 1. The summed E-state index contributed by atoms with van der Waals surface area (Å²) >= 11 is 0. The van der Waals surface area contributed by atoms with Crippen LogP contribution in [0.5, 0.6) is 0 Å². The first-order chi connectivity index (χ1) is 11.1. The zero-order valence-electron chi connectivity index (χ0n) is 14.2. The molecule has 6 nitrogen and oxygen atoms in total. The van der Waals surface area contributed by atoms with Crippen LogP contribution in [0.3, 0.4) is 0 Å². The van der Waals surface area contributed by atoms with Crippen LogP contribution < -0.4 is 0 Å². The molecule has 2 aliphatic heterocycles. The van der Waals surface area contributed by atoms with E-state index in [9.17, 15) is 0 Å². The van der Waals surface area contributed by atoms with Gasteiger partial charge >= 0.3 is 0 Å². The molecule has 0 saturated carbocycles. The van der Waals surface area contributed by atoms with Crippen LogP contribution in [-0.4, -0.2) is 70.3 Å². The first-order valence-electron chi connectivity index (χ1n) is 8.41. The summed E-state index contributed by atoms with van der Waals surface area (Å²) in [5.74, 6) is 0.589. The summed E-state index contributed by atoms with van der Waals surface area (Å²) in [6, 6.07) is 2.53. The summed E-state index contributed by atoms with van der Waals surface area (Å²) in [6.45, 7) is 10.0. The van der Waals surface area contributed by atoms with E-state index in [2.05, 4.69) is 34.9 Å². The van der Waals surface area contributed by atoms with Gasteiger partial charge in [0.25, 0.3) is 0 Å². The Kier molecular flexibility index (Phi) is 3.83. The van der Waals surface area contributed by atoms with Gasteiger partial charge in [-0.05, 0) is 27.0 Å². The Hall–Kier alpha value is -1.50. The van der Waals surface area contributed by atoms with E-state index in [0.717, 1.165) is 56.4 Å². The summed E-state index contributed by atoms with van der Waals surface area (Å²) in [6.07, 6.45) is 1.98. The van der Waals surface area contributed by atoms with Crippen LogP contribution in [0.1, 0.15) is 17.0 Å². The predicted molar refractivity (Wildman–Crippen MR) is 88.5 cm³/mol. The molecule has 0 aliphatic carbocycles. The highest BCUT2D eigenvalue weighted by Crippen LogP contribution is 2.22. The van der Waals surface area contributed by atoms with Crippen LogP contribution in [0.4, 0.5) is 0 Å². The minimum absolute atomic E-state index is 0.452. The lowest BCUT2D eigenvalue weighted by atomic mass is 10.1. The average molecular weight is 315 g/mol. The highest BCUT2D eigenvalue weighted by Gasteiger charge is 2.32. The summed E-state index contributed by atoms with van der Waals surface area (Å²) < 4.78 is 7.83. The van der Waals surface area contributed by atoms with Gasteiger partial charge in [0.05, 0.1) is 19.4 Å². The molecule has 0 amide bonds. The van der Waals surface area contributed by atoms with Crippen LogP contribution in [0.15, 0.2) is 12.3 Å². The highest BCUT2D eigenvalue weighted by molar-refractivity contribution is 5.47. The first-order valence-corrected chi connectivity index (χ1v) is 8.41. The molecule has 2 aliphatic rings. The standard InChI is InChI=1S/C17H25N5O/c1-12-4-13(2)22-17(19-12)15(5-18-22)8-21-7-14-6-20(3)9-16(21)11-23-10-14/h4-5,14,16H,6-11H2,1-3H3/t14-,16-/m0/s1. The zero-order chi connectivity index (χ0) is 16.0. The molecule has 0 spiro atoms. The molecular formula is C17H25N5O.